The predicted molar refractivity (Wildman–Crippen MR) is 85.7 cm³/mol. The maximum absolute atomic E-state index is 5.89. The Morgan fingerprint density at radius 3 is 2.10 bits per heavy atom. The summed E-state index contributed by atoms with van der Waals surface area (Å²) in [6.07, 6.45) is 13.1. The second-order valence-corrected chi connectivity index (χ2v) is 8.03. The molecule has 0 bridgehead atoms. The minimum atomic E-state index is -0.224. The number of rotatable bonds is 2. The summed E-state index contributed by atoms with van der Waals surface area (Å²) < 4.78 is 0. The molecule has 0 radical (unpaired) electrons. The van der Waals surface area contributed by atoms with Gasteiger partial charge in [-0.1, -0.05) is 51.9 Å². The van der Waals surface area contributed by atoms with E-state index in [0.29, 0.717) is 0 Å². The van der Waals surface area contributed by atoms with Crippen molar-refractivity contribution in [3.05, 3.63) is 0 Å². The lowest BCUT2D eigenvalue weighted by Crippen LogP contribution is -2.34. The fraction of sp³-hybridized carbons (Fsp3) is 1.00. The molecule has 2 atom stereocenters. The zero-order chi connectivity index (χ0) is 15.1. The number of hydrogen-bond acceptors (Lipinski definition) is 2. The van der Waals surface area contributed by atoms with Gasteiger partial charge in [0, 0.05) is 0 Å². The molecule has 2 nitrogen and oxygen atoms in total. The van der Waals surface area contributed by atoms with Gasteiger partial charge in [0.25, 0.3) is 0 Å². The molecule has 1 rings (SSSR count). The molecule has 0 amide bonds. The van der Waals surface area contributed by atoms with Gasteiger partial charge in [0.05, 0.1) is 5.60 Å². The van der Waals surface area contributed by atoms with Crippen LogP contribution in [-0.2, 0) is 9.78 Å². The molecule has 1 aliphatic rings. The molecule has 0 N–H and O–H groups in total. The highest BCUT2D eigenvalue weighted by atomic mass is 17.2. The third-order valence-corrected chi connectivity index (χ3v) is 4.31. The monoisotopic (exact) mass is 284 g/mol. The van der Waals surface area contributed by atoms with E-state index in [2.05, 4.69) is 13.8 Å². The Kier molecular flexibility index (Phi) is 7.53. The highest BCUT2D eigenvalue weighted by Crippen LogP contribution is 2.31. The minimum absolute atomic E-state index is 0.110. The van der Waals surface area contributed by atoms with Gasteiger partial charge in [-0.15, -0.1) is 0 Å². The topological polar surface area (TPSA) is 18.5 Å². The van der Waals surface area contributed by atoms with Gasteiger partial charge in [0.1, 0.15) is 5.60 Å². The molecule has 0 heterocycles. The Balaban J connectivity index is 2.53. The van der Waals surface area contributed by atoms with E-state index in [1.54, 1.807) is 0 Å². The second-order valence-electron chi connectivity index (χ2n) is 8.03. The quantitative estimate of drug-likeness (QED) is 0.454. The van der Waals surface area contributed by atoms with Crippen LogP contribution in [-0.4, -0.2) is 11.2 Å². The third-order valence-electron chi connectivity index (χ3n) is 4.31. The molecule has 0 aromatic rings. The molecule has 2 heteroatoms. The number of hydrogen-bond donors (Lipinski definition) is 0. The fourth-order valence-corrected chi connectivity index (χ4v) is 2.83. The first kappa shape index (κ1) is 18.0. The Labute approximate surface area is 126 Å². The van der Waals surface area contributed by atoms with Gasteiger partial charge in [0.15, 0.2) is 0 Å². The smallest absolute Gasteiger partial charge is 0.101 e. The Morgan fingerprint density at radius 1 is 0.850 bits per heavy atom. The normalized spacial score (nSPS) is 31.4. The van der Waals surface area contributed by atoms with E-state index in [9.17, 15) is 0 Å². The summed E-state index contributed by atoms with van der Waals surface area (Å²) >= 11 is 0. The standard InChI is InChI=1S/C18H36O2/c1-16-12-10-8-6-7-9-11-14-18(5,15-13-16)20-19-17(2,3)4/h16H,6-15H2,1-5H3. The molecule has 0 spiro atoms. The van der Waals surface area contributed by atoms with E-state index in [-0.39, 0.29) is 11.2 Å². The second kappa shape index (κ2) is 8.38. The van der Waals surface area contributed by atoms with Crippen molar-refractivity contribution in [3.8, 4) is 0 Å². The average Bonchev–Trinajstić information content (AvgIpc) is 2.35. The van der Waals surface area contributed by atoms with Crippen LogP contribution in [0.3, 0.4) is 0 Å². The Morgan fingerprint density at radius 2 is 1.45 bits per heavy atom. The van der Waals surface area contributed by atoms with Gasteiger partial charge >= 0.3 is 0 Å². The maximum Gasteiger partial charge on any atom is 0.101 e. The van der Waals surface area contributed by atoms with E-state index in [4.69, 9.17) is 9.78 Å². The zero-order valence-corrected chi connectivity index (χ0v) is 14.5. The van der Waals surface area contributed by atoms with Crippen molar-refractivity contribution >= 4 is 0 Å². The first-order valence-electron chi connectivity index (χ1n) is 8.68. The van der Waals surface area contributed by atoms with Gasteiger partial charge < -0.3 is 0 Å². The van der Waals surface area contributed by atoms with Crippen LogP contribution in [0.15, 0.2) is 0 Å². The average molecular weight is 284 g/mol. The van der Waals surface area contributed by atoms with Crippen LogP contribution in [0.1, 0.15) is 98.8 Å². The van der Waals surface area contributed by atoms with Crippen molar-refractivity contribution in [1.82, 2.24) is 0 Å². The molecule has 2 unspecified atom stereocenters. The van der Waals surface area contributed by atoms with Crippen LogP contribution in [0.5, 0.6) is 0 Å². The summed E-state index contributed by atoms with van der Waals surface area (Å²) in [7, 11) is 0. The van der Waals surface area contributed by atoms with E-state index in [1.807, 2.05) is 20.8 Å². The van der Waals surface area contributed by atoms with Crippen LogP contribution in [0.25, 0.3) is 0 Å². The molecular formula is C18H36O2. The van der Waals surface area contributed by atoms with E-state index in [1.165, 1.54) is 51.4 Å². The summed E-state index contributed by atoms with van der Waals surface area (Å²) in [5.41, 5.74) is -0.334. The minimum Gasteiger partial charge on any atom is -0.230 e. The van der Waals surface area contributed by atoms with Gasteiger partial charge in [-0.2, -0.15) is 0 Å². The van der Waals surface area contributed by atoms with Gasteiger partial charge in [-0.25, -0.2) is 9.78 Å². The van der Waals surface area contributed by atoms with Gasteiger partial charge in [0.2, 0.25) is 0 Å². The largest absolute Gasteiger partial charge is 0.230 e. The van der Waals surface area contributed by atoms with Crippen molar-refractivity contribution in [2.24, 2.45) is 5.92 Å². The predicted octanol–water partition coefficient (Wildman–Crippen LogP) is 6.04. The highest BCUT2D eigenvalue weighted by Gasteiger charge is 2.29. The summed E-state index contributed by atoms with van der Waals surface area (Å²) in [5, 5.41) is 0. The Bertz CT molecular complexity index is 257. The first-order chi connectivity index (χ1) is 9.31. The van der Waals surface area contributed by atoms with Crippen LogP contribution in [0.2, 0.25) is 0 Å². The van der Waals surface area contributed by atoms with Crippen molar-refractivity contribution in [3.63, 3.8) is 0 Å². The molecule has 0 saturated heterocycles. The molecule has 1 aliphatic carbocycles. The molecule has 0 aromatic heterocycles. The SMILES string of the molecule is CC1CCCCCCCCC(C)(OOC(C)(C)C)CC1. The Hall–Kier alpha value is -0.0800. The van der Waals surface area contributed by atoms with Crippen molar-refractivity contribution in [2.45, 2.75) is 110 Å². The van der Waals surface area contributed by atoms with Crippen LogP contribution in [0.4, 0.5) is 0 Å². The lowest BCUT2D eigenvalue weighted by atomic mass is 9.87. The van der Waals surface area contributed by atoms with E-state index < -0.39 is 0 Å². The lowest BCUT2D eigenvalue weighted by molar-refractivity contribution is -0.403. The zero-order valence-electron chi connectivity index (χ0n) is 14.5. The van der Waals surface area contributed by atoms with E-state index >= 15 is 0 Å². The molecular weight excluding hydrogens is 248 g/mol. The maximum atomic E-state index is 5.89. The summed E-state index contributed by atoms with van der Waals surface area (Å²) in [5.74, 6) is 0.812. The summed E-state index contributed by atoms with van der Waals surface area (Å²) in [6, 6.07) is 0. The van der Waals surface area contributed by atoms with Gasteiger partial charge in [-0.3, -0.25) is 0 Å². The lowest BCUT2D eigenvalue weighted by Gasteiger charge is -2.33. The molecule has 1 saturated carbocycles. The van der Waals surface area contributed by atoms with Crippen molar-refractivity contribution in [1.29, 1.82) is 0 Å². The van der Waals surface area contributed by atoms with Gasteiger partial charge in [-0.05, 0) is 52.9 Å². The van der Waals surface area contributed by atoms with Crippen LogP contribution >= 0.6 is 0 Å². The molecule has 120 valence electrons. The van der Waals surface area contributed by atoms with Crippen LogP contribution in [0, 0.1) is 5.92 Å². The fourth-order valence-electron chi connectivity index (χ4n) is 2.83. The van der Waals surface area contributed by atoms with Crippen LogP contribution < -0.4 is 0 Å². The third kappa shape index (κ3) is 8.26. The first-order valence-corrected chi connectivity index (χ1v) is 8.68. The summed E-state index contributed by atoms with van der Waals surface area (Å²) in [4.78, 5) is 11.5. The van der Waals surface area contributed by atoms with Crippen molar-refractivity contribution in [2.75, 3.05) is 0 Å². The molecule has 20 heavy (non-hydrogen) atoms. The molecule has 1 fully saturated rings. The van der Waals surface area contributed by atoms with E-state index in [0.717, 1.165) is 18.8 Å². The molecule has 0 aromatic carbocycles. The highest BCUT2D eigenvalue weighted by molar-refractivity contribution is 4.76. The summed E-state index contributed by atoms with van der Waals surface area (Å²) in [6.45, 7) is 10.8. The van der Waals surface area contributed by atoms with Crippen molar-refractivity contribution < 1.29 is 9.78 Å². The molecule has 0 aliphatic heterocycles.